The van der Waals surface area contributed by atoms with Crippen LogP contribution in [0.15, 0.2) is 24.3 Å². The summed E-state index contributed by atoms with van der Waals surface area (Å²) >= 11 is 0. The second kappa shape index (κ2) is 9.52. The zero-order chi connectivity index (χ0) is 20.1. The van der Waals surface area contributed by atoms with Gasteiger partial charge in [-0.2, -0.15) is 0 Å². The number of nitrogens with zero attached hydrogens (tertiary/aromatic N) is 2. The zero-order valence-electron chi connectivity index (χ0n) is 17.4. The summed E-state index contributed by atoms with van der Waals surface area (Å²) in [5.41, 5.74) is 1.35. The van der Waals surface area contributed by atoms with Crippen molar-refractivity contribution in [2.24, 2.45) is 11.8 Å². The van der Waals surface area contributed by atoms with Gasteiger partial charge in [0.25, 0.3) is 0 Å². The van der Waals surface area contributed by atoms with Gasteiger partial charge in [0.1, 0.15) is 0 Å². The van der Waals surface area contributed by atoms with Crippen LogP contribution >= 0.6 is 0 Å². The standard InChI is InChI=1S/C22H34N4O2/c1-4-25(5-2)14-19-15-26-11-10-18(19)12-21(26)13-23-22(28)24-20-8-6-17(7-9-20)16(3)27/h6-9,18-19,21H,4-5,10-15H2,1-3H3,(H2,23,24,28). The molecule has 1 aromatic rings. The summed E-state index contributed by atoms with van der Waals surface area (Å²) < 4.78 is 0. The number of piperidine rings is 3. The minimum Gasteiger partial charge on any atom is -0.336 e. The van der Waals surface area contributed by atoms with Gasteiger partial charge in [-0.05, 0) is 75.5 Å². The van der Waals surface area contributed by atoms with Crippen LogP contribution in [0.2, 0.25) is 0 Å². The highest BCUT2D eigenvalue weighted by Gasteiger charge is 2.40. The van der Waals surface area contributed by atoms with E-state index in [0.717, 1.165) is 38.0 Å². The molecule has 3 fully saturated rings. The van der Waals surface area contributed by atoms with E-state index in [1.807, 2.05) is 0 Å². The van der Waals surface area contributed by atoms with Gasteiger partial charge >= 0.3 is 6.03 Å². The maximum atomic E-state index is 12.3. The summed E-state index contributed by atoms with van der Waals surface area (Å²) in [5.74, 6) is 1.56. The van der Waals surface area contributed by atoms with Gasteiger partial charge in [-0.25, -0.2) is 4.79 Å². The molecule has 4 rings (SSSR count). The molecule has 6 nitrogen and oxygen atoms in total. The number of urea groups is 1. The largest absolute Gasteiger partial charge is 0.336 e. The predicted molar refractivity (Wildman–Crippen MR) is 113 cm³/mol. The summed E-state index contributed by atoms with van der Waals surface area (Å²) in [6.07, 6.45) is 2.47. The Kier molecular flexibility index (Phi) is 7.08. The first-order chi connectivity index (χ1) is 13.5. The van der Waals surface area contributed by atoms with Crippen molar-refractivity contribution in [2.45, 2.75) is 39.7 Å². The fraction of sp³-hybridized carbons (Fsp3) is 0.636. The lowest BCUT2D eigenvalue weighted by Gasteiger charge is -2.50. The lowest BCUT2D eigenvalue weighted by atomic mass is 9.75. The van der Waals surface area contributed by atoms with Gasteiger partial charge in [-0.15, -0.1) is 0 Å². The molecule has 28 heavy (non-hydrogen) atoms. The monoisotopic (exact) mass is 386 g/mol. The third-order valence-electron chi connectivity index (χ3n) is 6.45. The molecule has 3 saturated heterocycles. The molecular formula is C22H34N4O2. The van der Waals surface area contributed by atoms with Gasteiger partial charge in [-0.1, -0.05) is 13.8 Å². The summed E-state index contributed by atoms with van der Waals surface area (Å²) in [5, 5.41) is 5.89. The molecule has 3 aliphatic rings. The third kappa shape index (κ3) is 5.11. The molecule has 6 heteroatoms. The molecule has 0 aliphatic carbocycles. The molecule has 0 spiro atoms. The van der Waals surface area contributed by atoms with E-state index in [9.17, 15) is 9.59 Å². The first-order valence-corrected chi connectivity index (χ1v) is 10.6. The Morgan fingerprint density at radius 1 is 1.18 bits per heavy atom. The van der Waals surface area contributed by atoms with Crippen molar-refractivity contribution in [3.8, 4) is 0 Å². The highest BCUT2D eigenvalue weighted by Crippen LogP contribution is 2.36. The van der Waals surface area contributed by atoms with E-state index in [4.69, 9.17) is 0 Å². The van der Waals surface area contributed by atoms with Crippen molar-refractivity contribution in [3.05, 3.63) is 29.8 Å². The summed E-state index contributed by atoms with van der Waals surface area (Å²) in [6, 6.07) is 7.26. The Morgan fingerprint density at radius 2 is 1.89 bits per heavy atom. The van der Waals surface area contributed by atoms with Gasteiger partial charge in [-0.3, -0.25) is 9.69 Å². The molecule has 2 bridgehead atoms. The van der Waals surface area contributed by atoms with Gasteiger partial charge < -0.3 is 15.5 Å². The second-order valence-corrected chi connectivity index (χ2v) is 8.15. The minimum atomic E-state index is -0.182. The number of Topliss-reactive ketones (excluding diaryl/α,β-unsaturated/α-hetero) is 1. The zero-order valence-corrected chi connectivity index (χ0v) is 17.4. The van der Waals surface area contributed by atoms with E-state index in [2.05, 4.69) is 34.3 Å². The molecule has 0 radical (unpaired) electrons. The number of carbonyl (C=O) groups excluding carboxylic acids is 2. The van der Waals surface area contributed by atoms with E-state index in [1.54, 1.807) is 24.3 Å². The number of ketones is 1. The Labute approximate surface area is 168 Å². The van der Waals surface area contributed by atoms with Gasteiger partial charge in [0.15, 0.2) is 5.78 Å². The number of anilines is 1. The smallest absolute Gasteiger partial charge is 0.319 e. The predicted octanol–water partition coefficient (Wildman–Crippen LogP) is 3.06. The Bertz CT molecular complexity index is 672. The highest BCUT2D eigenvalue weighted by atomic mass is 16.2. The van der Waals surface area contributed by atoms with Crippen molar-refractivity contribution in [2.75, 3.05) is 44.6 Å². The van der Waals surface area contributed by atoms with E-state index in [1.165, 1.54) is 26.3 Å². The van der Waals surface area contributed by atoms with Crippen molar-refractivity contribution in [3.63, 3.8) is 0 Å². The molecule has 4 unspecified atom stereocenters. The SMILES string of the molecule is CCN(CC)CC1CN2CCC1CC2CNC(=O)Nc1ccc(C(C)=O)cc1. The number of nitrogens with one attached hydrogen (secondary N) is 2. The van der Waals surface area contributed by atoms with Crippen LogP contribution in [0.1, 0.15) is 44.0 Å². The summed E-state index contributed by atoms with van der Waals surface area (Å²) in [7, 11) is 0. The van der Waals surface area contributed by atoms with Crippen LogP contribution in [0.5, 0.6) is 0 Å². The van der Waals surface area contributed by atoms with Crippen LogP contribution in [0.3, 0.4) is 0 Å². The topological polar surface area (TPSA) is 64.7 Å². The maximum Gasteiger partial charge on any atom is 0.319 e. The van der Waals surface area contributed by atoms with Crippen molar-refractivity contribution in [1.29, 1.82) is 0 Å². The molecule has 2 N–H and O–H groups in total. The van der Waals surface area contributed by atoms with Crippen LogP contribution in [-0.4, -0.2) is 66.9 Å². The molecule has 1 aromatic carbocycles. The second-order valence-electron chi connectivity index (χ2n) is 8.15. The summed E-state index contributed by atoms with van der Waals surface area (Å²) in [6.45, 7) is 12.5. The van der Waals surface area contributed by atoms with Gasteiger partial charge in [0, 0.05) is 36.9 Å². The number of hydrogen-bond donors (Lipinski definition) is 2. The minimum absolute atomic E-state index is 0.0247. The first-order valence-electron chi connectivity index (χ1n) is 10.6. The number of rotatable bonds is 8. The van der Waals surface area contributed by atoms with E-state index >= 15 is 0 Å². The Balaban J connectivity index is 1.45. The van der Waals surface area contributed by atoms with Crippen molar-refractivity contribution >= 4 is 17.5 Å². The molecule has 3 heterocycles. The van der Waals surface area contributed by atoms with Crippen molar-refractivity contribution in [1.82, 2.24) is 15.1 Å². The van der Waals surface area contributed by atoms with Gasteiger partial charge in [0.2, 0.25) is 0 Å². The molecule has 0 saturated carbocycles. The van der Waals surface area contributed by atoms with E-state index in [0.29, 0.717) is 23.8 Å². The highest BCUT2D eigenvalue weighted by molar-refractivity contribution is 5.95. The molecule has 3 aliphatic heterocycles. The number of amides is 2. The summed E-state index contributed by atoms with van der Waals surface area (Å²) in [4.78, 5) is 28.7. The number of hydrogen-bond acceptors (Lipinski definition) is 4. The average Bonchev–Trinajstić information content (AvgIpc) is 2.71. The first kappa shape index (κ1) is 20.8. The van der Waals surface area contributed by atoms with Crippen molar-refractivity contribution < 1.29 is 9.59 Å². The third-order valence-corrected chi connectivity index (χ3v) is 6.45. The number of fused-ring (bicyclic) bond motifs is 3. The normalized spacial score (nSPS) is 26.3. The maximum absolute atomic E-state index is 12.3. The van der Waals surface area contributed by atoms with E-state index < -0.39 is 0 Å². The fourth-order valence-electron chi connectivity index (χ4n) is 4.66. The fourth-order valence-corrected chi connectivity index (χ4v) is 4.66. The Hall–Kier alpha value is -1.92. The molecule has 154 valence electrons. The molecule has 0 aromatic heterocycles. The number of carbonyl (C=O) groups is 2. The van der Waals surface area contributed by atoms with Gasteiger partial charge in [0.05, 0.1) is 0 Å². The average molecular weight is 387 g/mol. The Morgan fingerprint density at radius 3 is 2.46 bits per heavy atom. The van der Waals surface area contributed by atoms with Crippen LogP contribution in [0.4, 0.5) is 10.5 Å². The number of benzene rings is 1. The van der Waals surface area contributed by atoms with E-state index in [-0.39, 0.29) is 11.8 Å². The quantitative estimate of drug-likeness (QED) is 0.674. The lowest BCUT2D eigenvalue weighted by Crippen LogP contribution is -2.58. The van der Waals surface area contributed by atoms with Crippen LogP contribution in [-0.2, 0) is 0 Å². The van der Waals surface area contributed by atoms with Crippen LogP contribution in [0.25, 0.3) is 0 Å². The van der Waals surface area contributed by atoms with Crippen LogP contribution in [0, 0.1) is 11.8 Å². The molecule has 2 amide bonds. The molecule has 4 atom stereocenters. The van der Waals surface area contributed by atoms with Crippen LogP contribution < -0.4 is 10.6 Å². The molecular weight excluding hydrogens is 352 g/mol. The lowest BCUT2D eigenvalue weighted by molar-refractivity contribution is -0.00977.